The van der Waals surface area contributed by atoms with Gasteiger partial charge in [-0.05, 0) is 18.7 Å². The summed E-state index contributed by atoms with van der Waals surface area (Å²) in [5.74, 6) is 1.63. The first kappa shape index (κ1) is 13.5. The first-order valence-corrected chi connectivity index (χ1v) is 7.20. The lowest BCUT2D eigenvalue weighted by Crippen LogP contribution is -2.04. The maximum absolute atomic E-state index is 4.57. The van der Waals surface area contributed by atoms with Crippen molar-refractivity contribution in [1.82, 2.24) is 15.0 Å². The first-order chi connectivity index (χ1) is 10.3. The molecule has 2 heterocycles. The van der Waals surface area contributed by atoms with E-state index in [4.69, 9.17) is 0 Å². The molecule has 0 saturated heterocycles. The molecule has 0 fully saturated rings. The van der Waals surface area contributed by atoms with Gasteiger partial charge in [-0.15, -0.1) is 0 Å². The fourth-order valence-corrected chi connectivity index (χ4v) is 2.37. The molecule has 0 aliphatic heterocycles. The van der Waals surface area contributed by atoms with Crippen LogP contribution in [-0.2, 0) is 0 Å². The molecule has 0 amide bonds. The molecule has 1 aromatic carbocycles. The maximum Gasteiger partial charge on any atom is 0.130 e. The summed E-state index contributed by atoms with van der Waals surface area (Å²) >= 11 is 0. The number of benzene rings is 1. The zero-order chi connectivity index (χ0) is 14.7. The number of pyridine rings is 1. The summed E-state index contributed by atoms with van der Waals surface area (Å²) in [7, 11) is 0. The number of anilines is 1. The van der Waals surface area contributed by atoms with Crippen LogP contribution < -0.4 is 5.32 Å². The Morgan fingerprint density at radius 3 is 2.81 bits per heavy atom. The Morgan fingerprint density at radius 1 is 1.10 bits per heavy atom. The van der Waals surface area contributed by atoms with Gasteiger partial charge in [0.2, 0.25) is 0 Å². The second-order valence-electron chi connectivity index (χ2n) is 5.02. The summed E-state index contributed by atoms with van der Waals surface area (Å²) in [5, 5.41) is 5.60. The zero-order valence-corrected chi connectivity index (χ0v) is 12.3. The molecule has 0 aliphatic carbocycles. The number of hydrogen-bond acceptors (Lipinski definition) is 4. The summed E-state index contributed by atoms with van der Waals surface area (Å²) in [4.78, 5) is 13.3. The van der Waals surface area contributed by atoms with Crippen LogP contribution in [0.2, 0.25) is 0 Å². The molecule has 0 saturated carbocycles. The minimum absolute atomic E-state index is 0.763. The second-order valence-corrected chi connectivity index (χ2v) is 5.02. The van der Waals surface area contributed by atoms with Crippen molar-refractivity contribution in [3.8, 4) is 11.3 Å². The van der Waals surface area contributed by atoms with Gasteiger partial charge in [0.05, 0.1) is 5.69 Å². The van der Waals surface area contributed by atoms with Crippen LogP contribution >= 0.6 is 0 Å². The highest BCUT2D eigenvalue weighted by Crippen LogP contribution is 2.27. The summed E-state index contributed by atoms with van der Waals surface area (Å²) in [6, 6.07) is 10.2. The third-order valence-electron chi connectivity index (χ3n) is 3.34. The van der Waals surface area contributed by atoms with Crippen molar-refractivity contribution >= 4 is 16.6 Å². The minimum Gasteiger partial charge on any atom is -0.370 e. The van der Waals surface area contributed by atoms with E-state index in [2.05, 4.69) is 39.3 Å². The summed E-state index contributed by atoms with van der Waals surface area (Å²) in [6.07, 6.45) is 4.81. The van der Waals surface area contributed by atoms with Crippen molar-refractivity contribution in [2.24, 2.45) is 0 Å². The van der Waals surface area contributed by atoms with Gasteiger partial charge in [0.1, 0.15) is 11.6 Å². The fourth-order valence-electron chi connectivity index (χ4n) is 2.37. The van der Waals surface area contributed by atoms with Gasteiger partial charge in [-0.2, -0.15) is 0 Å². The predicted molar refractivity (Wildman–Crippen MR) is 86.3 cm³/mol. The number of fused-ring (bicyclic) bond motifs is 1. The smallest absolute Gasteiger partial charge is 0.130 e. The van der Waals surface area contributed by atoms with E-state index in [1.165, 1.54) is 0 Å². The van der Waals surface area contributed by atoms with E-state index in [1.807, 2.05) is 37.5 Å². The number of nitrogens with zero attached hydrogens (tertiary/aromatic N) is 3. The zero-order valence-electron chi connectivity index (χ0n) is 12.3. The van der Waals surface area contributed by atoms with Crippen LogP contribution in [0.4, 0.5) is 5.82 Å². The highest BCUT2D eigenvalue weighted by molar-refractivity contribution is 5.95. The van der Waals surface area contributed by atoms with E-state index in [-0.39, 0.29) is 0 Å². The molecular weight excluding hydrogens is 260 g/mol. The number of aryl methyl sites for hydroxylation is 1. The molecule has 3 rings (SSSR count). The molecule has 0 unspecified atom stereocenters. The summed E-state index contributed by atoms with van der Waals surface area (Å²) < 4.78 is 0. The molecule has 0 atom stereocenters. The highest BCUT2D eigenvalue weighted by atomic mass is 15.0. The van der Waals surface area contributed by atoms with Crippen LogP contribution in [0.25, 0.3) is 22.0 Å². The molecule has 2 aromatic heterocycles. The van der Waals surface area contributed by atoms with E-state index < -0.39 is 0 Å². The van der Waals surface area contributed by atoms with Crippen LogP contribution in [0.15, 0.2) is 42.7 Å². The average Bonchev–Trinajstić information content (AvgIpc) is 2.52. The third-order valence-corrected chi connectivity index (χ3v) is 3.34. The van der Waals surface area contributed by atoms with Gasteiger partial charge in [-0.1, -0.05) is 31.2 Å². The van der Waals surface area contributed by atoms with Gasteiger partial charge in [-0.3, -0.25) is 4.98 Å². The lowest BCUT2D eigenvalue weighted by atomic mass is 10.1. The van der Waals surface area contributed by atoms with Gasteiger partial charge in [0, 0.05) is 36.0 Å². The Labute approximate surface area is 124 Å². The average molecular weight is 278 g/mol. The Morgan fingerprint density at radius 2 is 1.95 bits per heavy atom. The van der Waals surface area contributed by atoms with E-state index in [0.717, 1.165) is 46.6 Å². The topological polar surface area (TPSA) is 50.7 Å². The van der Waals surface area contributed by atoms with E-state index in [1.54, 1.807) is 0 Å². The fraction of sp³-hybridized carbons (Fsp3) is 0.235. The number of aromatic nitrogens is 3. The predicted octanol–water partition coefficient (Wildman–Crippen LogP) is 3.82. The van der Waals surface area contributed by atoms with Crippen LogP contribution in [0.1, 0.15) is 19.2 Å². The number of hydrogen-bond donors (Lipinski definition) is 1. The van der Waals surface area contributed by atoms with Crippen LogP contribution in [0, 0.1) is 6.92 Å². The van der Waals surface area contributed by atoms with E-state index >= 15 is 0 Å². The molecule has 3 aromatic rings. The standard InChI is InChI=1S/C17H18N4/c1-3-8-19-17-9-16(20-12(2)21-17)15-11-18-10-13-6-4-5-7-14(13)15/h4-7,9-11H,3,8H2,1-2H3,(H,19,20,21). The Bertz CT molecular complexity index is 762. The van der Waals surface area contributed by atoms with Crippen molar-refractivity contribution in [2.45, 2.75) is 20.3 Å². The molecule has 0 bridgehead atoms. The highest BCUT2D eigenvalue weighted by Gasteiger charge is 2.08. The molecular formula is C17H18N4. The molecule has 1 N–H and O–H groups in total. The van der Waals surface area contributed by atoms with Crippen LogP contribution in [0.3, 0.4) is 0 Å². The third kappa shape index (κ3) is 2.84. The summed E-state index contributed by atoms with van der Waals surface area (Å²) in [6.45, 7) is 4.96. The largest absolute Gasteiger partial charge is 0.370 e. The number of nitrogens with one attached hydrogen (secondary N) is 1. The molecule has 0 aliphatic rings. The van der Waals surface area contributed by atoms with Gasteiger partial charge in [0.25, 0.3) is 0 Å². The molecule has 4 heteroatoms. The van der Waals surface area contributed by atoms with Crippen molar-refractivity contribution < 1.29 is 0 Å². The minimum atomic E-state index is 0.763. The molecule has 0 spiro atoms. The van der Waals surface area contributed by atoms with E-state index in [9.17, 15) is 0 Å². The maximum atomic E-state index is 4.57. The van der Waals surface area contributed by atoms with E-state index in [0.29, 0.717) is 0 Å². The van der Waals surface area contributed by atoms with Gasteiger partial charge in [-0.25, -0.2) is 9.97 Å². The Balaban J connectivity index is 2.12. The quantitative estimate of drug-likeness (QED) is 0.788. The first-order valence-electron chi connectivity index (χ1n) is 7.20. The van der Waals surface area contributed by atoms with Crippen molar-refractivity contribution in [1.29, 1.82) is 0 Å². The lowest BCUT2D eigenvalue weighted by Gasteiger charge is -2.09. The summed E-state index contributed by atoms with van der Waals surface area (Å²) in [5.41, 5.74) is 1.95. The normalized spacial score (nSPS) is 10.8. The molecule has 21 heavy (non-hydrogen) atoms. The molecule has 4 nitrogen and oxygen atoms in total. The lowest BCUT2D eigenvalue weighted by molar-refractivity contribution is 0.955. The van der Waals surface area contributed by atoms with Crippen molar-refractivity contribution in [3.05, 3.63) is 48.5 Å². The van der Waals surface area contributed by atoms with Crippen molar-refractivity contribution in [3.63, 3.8) is 0 Å². The van der Waals surface area contributed by atoms with Crippen molar-refractivity contribution in [2.75, 3.05) is 11.9 Å². The molecule has 106 valence electrons. The van der Waals surface area contributed by atoms with Gasteiger partial charge < -0.3 is 5.32 Å². The monoisotopic (exact) mass is 278 g/mol. The van der Waals surface area contributed by atoms with Crippen LogP contribution in [-0.4, -0.2) is 21.5 Å². The second kappa shape index (κ2) is 5.87. The number of rotatable bonds is 4. The Hall–Kier alpha value is -2.49. The van der Waals surface area contributed by atoms with Gasteiger partial charge in [0.15, 0.2) is 0 Å². The molecule has 0 radical (unpaired) electrons. The van der Waals surface area contributed by atoms with Gasteiger partial charge >= 0.3 is 0 Å². The SMILES string of the molecule is CCCNc1cc(-c2cncc3ccccc23)nc(C)n1. The Kier molecular flexibility index (Phi) is 3.77. The van der Waals surface area contributed by atoms with Crippen LogP contribution in [0.5, 0.6) is 0 Å².